The number of hydrogen-bond donors (Lipinski definition) is 1. The van der Waals surface area contributed by atoms with Crippen molar-refractivity contribution in [1.29, 1.82) is 0 Å². The first-order valence-corrected chi connectivity index (χ1v) is 13.5. The van der Waals surface area contributed by atoms with E-state index in [0.717, 1.165) is 29.7 Å². The van der Waals surface area contributed by atoms with Gasteiger partial charge in [-0.15, -0.1) is 11.8 Å². The van der Waals surface area contributed by atoms with Crippen LogP contribution in [0.5, 0.6) is 0 Å². The number of fused-ring (bicyclic) bond motifs is 1. The van der Waals surface area contributed by atoms with E-state index in [1.807, 2.05) is 32.0 Å². The van der Waals surface area contributed by atoms with Crippen LogP contribution in [0, 0.1) is 6.92 Å². The van der Waals surface area contributed by atoms with E-state index >= 15 is 0 Å². The largest absolute Gasteiger partial charge is 0.325 e. The number of anilines is 2. The van der Waals surface area contributed by atoms with Crippen molar-refractivity contribution in [2.75, 3.05) is 29.9 Å². The maximum absolute atomic E-state index is 13.2. The molecule has 4 rings (SSSR count). The summed E-state index contributed by atoms with van der Waals surface area (Å²) in [6, 6.07) is 12.4. The number of benzene rings is 2. The molecular weight excluding hydrogens is 458 g/mol. The second-order valence-electron chi connectivity index (χ2n) is 8.62. The van der Waals surface area contributed by atoms with Gasteiger partial charge >= 0.3 is 0 Å². The smallest absolute Gasteiger partial charge is 0.244 e. The molecule has 1 N–H and O–H groups in total. The molecule has 2 aromatic carbocycles. The van der Waals surface area contributed by atoms with Gasteiger partial charge in [0, 0.05) is 35.3 Å². The highest BCUT2D eigenvalue weighted by molar-refractivity contribution is 8.00. The summed E-state index contributed by atoms with van der Waals surface area (Å²) in [6.07, 6.45) is 3.00. The van der Waals surface area contributed by atoms with E-state index < -0.39 is 10.0 Å². The van der Waals surface area contributed by atoms with Gasteiger partial charge in [-0.05, 0) is 55.7 Å². The molecule has 0 radical (unpaired) electrons. The zero-order valence-electron chi connectivity index (χ0n) is 18.9. The molecule has 0 spiro atoms. The quantitative estimate of drug-likeness (QED) is 0.688. The zero-order valence-corrected chi connectivity index (χ0v) is 20.5. The minimum Gasteiger partial charge on any atom is -0.325 e. The molecule has 33 heavy (non-hydrogen) atoms. The van der Waals surface area contributed by atoms with Gasteiger partial charge in [0.05, 0.1) is 10.6 Å². The molecule has 0 saturated carbocycles. The average molecular weight is 488 g/mol. The summed E-state index contributed by atoms with van der Waals surface area (Å²) in [4.78, 5) is 28.3. The summed E-state index contributed by atoms with van der Waals surface area (Å²) in [5.41, 5.74) is 2.15. The van der Waals surface area contributed by atoms with Crippen LogP contribution in [-0.4, -0.2) is 49.4 Å². The molecule has 2 aliphatic heterocycles. The Balaban J connectivity index is 1.64. The maximum atomic E-state index is 13.2. The van der Waals surface area contributed by atoms with E-state index in [0.29, 0.717) is 24.5 Å². The molecule has 176 valence electrons. The Kier molecular flexibility index (Phi) is 7.11. The highest BCUT2D eigenvalue weighted by Gasteiger charge is 2.31. The normalized spacial score (nSPS) is 19.6. The van der Waals surface area contributed by atoms with Gasteiger partial charge in [0.1, 0.15) is 6.54 Å². The number of rotatable bonds is 5. The maximum Gasteiger partial charge on any atom is 0.244 e. The first kappa shape index (κ1) is 23.8. The number of nitrogens with one attached hydrogen (secondary N) is 1. The number of hydrogen-bond acceptors (Lipinski definition) is 5. The number of carbonyl (C=O) groups is 2. The van der Waals surface area contributed by atoms with Gasteiger partial charge in [-0.1, -0.05) is 25.5 Å². The SMILES string of the molecule is Cc1cccc(NC(=O)CN2C(=O)C[C@H](C)Sc3ccc(S(=O)(=O)N4CCCCC4)cc32)c1. The van der Waals surface area contributed by atoms with Gasteiger partial charge in [-0.25, -0.2) is 8.42 Å². The first-order valence-electron chi connectivity index (χ1n) is 11.2. The second kappa shape index (κ2) is 9.87. The van der Waals surface area contributed by atoms with Crippen LogP contribution in [0.2, 0.25) is 0 Å². The third-order valence-corrected chi connectivity index (χ3v) is 8.93. The summed E-state index contributed by atoms with van der Waals surface area (Å²) in [5.74, 6) is -0.524. The fraction of sp³-hybridized carbons (Fsp3) is 0.417. The summed E-state index contributed by atoms with van der Waals surface area (Å²) >= 11 is 1.53. The van der Waals surface area contributed by atoms with Gasteiger partial charge in [0.15, 0.2) is 0 Å². The number of piperidine rings is 1. The fourth-order valence-corrected chi connectivity index (χ4v) is 6.85. The Labute approximate surface area is 199 Å². The Morgan fingerprint density at radius 3 is 2.61 bits per heavy atom. The van der Waals surface area contributed by atoms with E-state index in [4.69, 9.17) is 0 Å². The Morgan fingerprint density at radius 1 is 1.12 bits per heavy atom. The topological polar surface area (TPSA) is 86.8 Å². The second-order valence-corrected chi connectivity index (χ2v) is 12.0. The molecule has 9 heteroatoms. The molecule has 2 aromatic rings. The van der Waals surface area contributed by atoms with Crippen LogP contribution in [0.4, 0.5) is 11.4 Å². The average Bonchev–Trinajstić information content (AvgIpc) is 2.89. The molecule has 0 bridgehead atoms. The van der Waals surface area contributed by atoms with Crippen LogP contribution < -0.4 is 10.2 Å². The number of amides is 2. The van der Waals surface area contributed by atoms with Crippen LogP contribution in [-0.2, 0) is 19.6 Å². The number of nitrogens with zero attached hydrogens (tertiary/aromatic N) is 2. The number of sulfonamides is 1. The van der Waals surface area contributed by atoms with Crippen LogP contribution >= 0.6 is 11.8 Å². The highest BCUT2D eigenvalue weighted by atomic mass is 32.2. The van der Waals surface area contributed by atoms with Crippen LogP contribution in [0.1, 0.15) is 38.2 Å². The number of carbonyl (C=O) groups excluding carboxylic acids is 2. The van der Waals surface area contributed by atoms with Crippen molar-refractivity contribution in [3.63, 3.8) is 0 Å². The molecule has 2 heterocycles. The third-order valence-electron chi connectivity index (χ3n) is 5.87. The van der Waals surface area contributed by atoms with Gasteiger partial charge in [-0.2, -0.15) is 4.31 Å². The summed E-state index contributed by atoms with van der Waals surface area (Å²) in [7, 11) is -3.66. The summed E-state index contributed by atoms with van der Waals surface area (Å²) in [6.45, 7) is 4.73. The van der Waals surface area contributed by atoms with Crippen LogP contribution in [0.25, 0.3) is 0 Å². The first-order chi connectivity index (χ1) is 15.7. The van der Waals surface area contributed by atoms with E-state index in [2.05, 4.69) is 5.32 Å². The third kappa shape index (κ3) is 5.42. The highest BCUT2D eigenvalue weighted by Crippen LogP contribution is 2.39. The molecule has 7 nitrogen and oxygen atoms in total. The van der Waals surface area contributed by atoms with Crippen molar-refractivity contribution in [3.05, 3.63) is 48.0 Å². The van der Waals surface area contributed by atoms with Crippen LogP contribution in [0.3, 0.4) is 0 Å². The van der Waals surface area contributed by atoms with Crippen molar-refractivity contribution in [1.82, 2.24) is 4.31 Å². The molecule has 1 atom stereocenters. The predicted molar refractivity (Wildman–Crippen MR) is 131 cm³/mol. The summed E-state index contributed by atoms with van der Waals surface area (Å²) < 4.78 is 28.0. The number of aryl methyl sites for hydroxylation is 1. The molecule has 0 aliphatic carbocycles. The lowest BCUT2D eigenvalue weighted by molar-refractivity contribution is -0.121. The standard InChI is InChI=1S/C24H29N3O4S2/c1-17-7-6-8-19(13-17)25-23(28)16-27-21-15-20(33(30,31)26-11-4-3-5-12-26)9-10-22(21)32-18(2)14-24(27)29/h6-10,13,15,18H,3-5,11-12,14,16H2,1-2H3,(H,25,28)/t18-/m0/s1. The van der Waals surface area contributed by atoms with Crippen molar-refractivity contribution in [2.24, 2.45) is 0 Å². The lowest BCUT2D eigenvalue weighted by Crippen LogP contribution is -2.39. The molecule has 1 fully saturated rings. The predicted octanol–water partition coefficient (Wildman–Crippen LogP) is 4.03. The molecule has 2 aliphatic rings. The Bertz CT molecular complexity index is 1160. The van der Waals surface area contributed by atoms with Crippen molar-refractivity contribution < 1.29 is 18.0 Å². The Morgan fingerprint density at radius 2 is 1.88 bits per heavy atom. The zero-order chi connectivity index (χ0) is 23.6. The van der Waals surface area contributed by atoms with Gasteiger partial charge < -0.3 is 10.2 Å². The molecule has 1 saturated heterocycles. The molecule has 0 unspecified atom stereocenters. The van der Waals surface area contributed by atoms with Crippen LogP contribution in [0.15, 0.2) is 52.3 Å². The molecular formula is C24H29N3O4S2. The summed E-state index contributed by atoms with van der Waals surface area (Å²) in [5, 5.41) is 2.86. The van der Waals surface area contributed by atoms with Crippen molar-refractivity contribution in [3.8, 4) is 0 Å². The minimum absolute atomic E-state index is 0.0191. The lowest BCUT2D eigenvalue weighted by Gasteiger charge is -2.27. The molecule has 0 aromatic heterocycles. The van der Waals surface area contributed by atoms with Gasteiger partial charge in [-0.3, -0.25) is 9.59 Å². The monoisotopic (exact) mass is 487 g/mol. The fourth-order valence-electron chi connectivity index (χ4n) is 4.21. The lowest BCUT2D eigenvalue weighted by atomic mass is 10.2. The van der Waals surface area contributed by atoms with E-state index in [-0.39, 0.29) is 34.9 Å². The minimum atomic E-state index is -3.66. The van der Waals surface area contributed by atoms with Gasteiger partial charge in [0.2, 0.25) is 21.8 Å². The van der Waals surface area contributed by atoms with E-state index in [9.17, 15) is 18.0 Å². The number of thioether (sulfide) groups is 1. The van der Waals surface area contributed by atoms with Gasteiger partial charge in [0.25, 0.3) is 0 Å². The van der Waals surface area contributed by atoms with E-state index in [1.165, 1.54) is 21.0 Å². The Hall–Kier alpha value is -2.36. The van der Waals surface area contributed by atoms with E-state index in [1.54, 1.807) is 24.3 Å². The van der Waals surface area contributed by atoms with Crippen molar-refractivity contribution in [2.45, 2.75) is 54.6 Å². The molecule has 2 amide bonds. The van der Waals surface area contributed by atoms with Crippen molar-refractivity contribution >= 4 is 45.0 Å².